The standard InChI is InChI=1S/C10H14ClN3O2/c1-14-4-2-3-6(5-14)8-7(11)9(10(15)16)13-12-8/h6H,2-5H2,1H3,(H,12,13)(H,15,16). The van der Waals surface area contributed by atoms with E-state index in [0.717, 1.165) is 31.6 Å². The van der Waals surface area contributed by atoms with E-state index in [9.17, 15) is 4.79 Å². The molecule has 6 heteroatoms. The molecule has 1 unspecified atom stereocenters. The smallest absolute Gasteiger partial charge is 0.357 e. The Morgan fingerprint density at radius 1 is 1.69 bits per heavy atom. The van der Waals surface area contributed by atoms with Crippen molar-refractivity contribution in [2.75, 3.05) is 20.1 Å². The van der Waals surface area contributed by atoms with Gasteiger partial charge in [-0.05, 0) is 26.4 Å². The number of likely N-dealkylation sites (tertiary alicyclic amines) is 1. The Bertz CT molecular complexity index is 405. The van der Waals surface area contributed by atoms with Crippen LogP contribution in [0.25, 0.3) is 0 Å². The molecule has 1 fully saturated rings. The lowest BCUT2D eigenvalue weighted by Gasteiger charge is -2.28. The van der Waals surface area contributed by atoms with Crippen molar-refractivity contribution in [3.8, 4) is 0 Å². The predicted octanol–water partition coefficient (Wildman–Crippen LogP) is 1.57. The second kappa shape index (κ2) is 4.43. The molecule has 0 amide bonds. The van der Waals surface area contributed by atoms with Crippen LogP contribution in [0.1, 0.15) is 34.9 Å². The molecule has 0 aliphatic carbocycles. The number of aromatic amines is 1. The Morgan fingerprint density at radius 2 is 2.44 bits per heavy atom. The lowest BCUT2D eigenvalue weighted by atomic mass is 9.95. The van der Waals surface area contributed by atoms with E-state index >= 15 is 0 Å². The molecule has 1 aromatic heterocycles. The Hall–Kier alpha value is -1.07. The van der Waals surface area contributed by atoms with Crippen molar-refractivity contribution < 1.29 is 9.90 Å². The largest absolute Gasteiger partial charge is 0.476 e. The number of hydrogen-bond acceptors (Lipinski definition) is 3. The van der Waals surface area contributed by atoms with E-state index in [2.05, 4.69) is 22.1 Å². The topological polar surface area (TPSA) is 69.2 Å². The minimum atomic E-state index is -1.09. The van der Waals surface area contributed by atoms with Crippen molar-refractivity contribution in [1.29, 1.82) is 0 Å². The van der Waals surface area contributed by atoms with E-state index in [0.29, 0.717) is 0 Å². The van der Waals surface area contributed by atoms with Crippen molar-refractivity contribution in [3.05, 3.63) is 16.4 Å². The molecule has 16 heavy (non-hydrogen) atoms. The number of H-pyrrole nitrogens is 1. The summed E-state index contributed by atoms with van der Waals surface area (Å²) in [6.45, 7) is 1.97. The van der Waals surface area contributed by atoms with Crippen molar-refractivity contribution >= 4 is 17.6 Å². The Kier molecular flexibility index (Phi) is 3.16. The molecule has 0 bridgehead atoms. The van der Waals surface area contributed by atoms with Gasteiger partial charge in [0.25, 0.3) is 0 Å². The van der Waals surface area contributed by atoms with Gasteiger partial charge in [0.05, 0.1) is 10.7 Å². The molecule has 2 rings (SSSR count). The van der Waals surface area contributed by atoms with Gasteiger partial charge in [-0.2, -0.15) is 5.10 Å². The number of hydrogen-bond donors (Lipinski definition) is 2. The molecule has 1 aliphatic rings. The fraction of sp³-hybridized carbons (Fsp3) is 0.600. The van der Waals surface area contributed by atoms with Crippen LogP contribution in [0.15, 0.2) is 0 Å². The highest BCUT2D eigenvalue weighted by Crippen LogP contribution is 2.31. The van der Waals surface area contributed by atoms with Gasteiger partial charge in [0.15, 0.2) is 5.69 Å². The van der Waals surface area contributed by atoms with Crippen LogP contribution in [-0.2, 0) is 0 Å². The highest BCUT2D eigenvalue weighted by atomic mass is 35.5. The zero-order chi connectivity index (χ0) is 11.7. The molecule has 0 saturated carbocycles. The second-order valence-corrected chi connectivity index (χ2v) is 4.58. The molecule has 2 N–H and O–H groups in total. The van der Waals surface area contributed by atoms with Gasteiger partial charge in [-0.15, -0.1) is 0 Å². The van der Waals surface area contributed by atoms with Gasteiger partial charge in [-0.3, -0.25) is 5.10 Å². The number of nitrogens with zero attached hydrogens (tertiary/aromatic N) is 2. The third-order valence-corrected chi connectivity index (χ3v) is 3.35. The number of nitrogens with one attached hydrogen (secondary N) is 1. The number of likely N-dealkylation sites (N-methyl/N-ethyl adjacent to an activating group) is 1. The lowest BCUT2D eigenvalue weighted by molar-refractivity contribution is 0.0690. The van der Waals surface area contributed by atoms with E-state index in [1.165, 1.54) is 0 Å². The van der Waals surface area contributed by atoms with Crippen molar-refractivity contribution in [2.45, 2.75) is 18.8 Å². The number of carbonyl (C=O) groups is 1. The third-order valence-electron chi connectivity index (χ3n) is 2.97. The molecule has 1 aliphatic heterocycles. The predicted molar refractivity (Wildman–Crippen MR) is 60.0 cm³/mol. The maximum absolute atomic E-state index is 10.8. The zero-order valence-corrected chi connectivity index (χ0v) is 9.79. The SMILES string of the molecule is CN1CCCC(c2[nH]nc(C(=O)O)c2Cl)C1. The highest BCUT2D eigenvalue weighted by molar-refractivity contribution is 6.33. The fourth-order valence-corrected chi connectivity index (χ4v) is 2.48. The number of carboxylic acid groups (broad SMARTS) is 1. The molecule has 1 atom stereocenters. The molecule has 0 aromatic carbocycles. The summed E-state index contributed by atoms with van der Waals surface area (Å²) in [5, 5.41) is 15.6. The molecule has 5 nitrogen and oxygen atoms in total. The van der Waals surface area contributed by atoms with Crippen LogP contribution < -0.4 is 0 Å². The summed E-state index contributed by atoms with van der Waals surface area (Å²) < 4.78 is 0. The summed E-state index contributed by atoms with van der Waals surface area (Å²) >= 11 is 6.01. The average molecular weight is 244 g/mol. The van der Waals surface area contributed by atoms with E-state index in [1.807, 2.05) is 0 Å². The van der Waals surface area contributed by atoms with Gasteiger partial charge in [0.2, 0.25) is 0 Å². The first kappa shape index (κ1) is 11.4. The molecule has 0 spiro atoms. The molecule has 1 saturated heterocycles. The average Bonchev–Trinajstić information content (AvgIpc) is 2.60. The van der Waals surface area contributed by atoms with E-state index in [1.54, 1.807) is 0 Å². The van der Waals surface area contributed by atoms with Crippen LogP contribution >= 0.6 is 11.6 Å². The summed E-state index contributed by atoms with van der Waals surface area (Å²) in [5.74, 6) is -0.830. The summed E-state index contributed by atoms with van der Waals surface area (Å²) in [7, 11) is 2.05. The minimum absolute atomic E-state index is 0.0788. The molecular formula is C10H14ClN3O2. The highest BCUT2D eigenvalue weighted by Gasteiger charge is 2.26. The number of carboxylic acids is 1. The van der Waals surface area contributed by atoms with Gasteiger partial charge in [-0.25, -0.2) is 4.79 Å². The first-order valence-corrected chi connectivity index (χ1v) is 5.63. The van der Waals surface area contributed by atoms with Crippen molar-refractivity contribution in [1.82, 2.24) is 15.1 Å². The van der Waals surface area contributed by atoms with Gasteiger partial charge in [0, 0.05) is 12.5 Å². The van der Waals surface area contributed by atoms with Crippen LogP contribution in [0.2, 0.25) is 5.02 Å². The minimum Gasteiger partial charge on any atom is -0.476 e. The quantitative estimate of drug-likeness (QED) is 0.827. The summed E-state index contributed by atoms with van der Waals surface area (Å²) in [6.07, 6.45) is 2.12. The van der Waals surface area contributed by atoms with Crippen LogP contribution in [-0.4, -0.2) is 46.3 Å². The summed E-state index contributed by atoms with van der Waals surface area (Å²) in [6, 6.07) is 0. The molecule has 0 radical (unpaired) electrons. The fourth-order valence-electron chi connectivity index (χ4n) is 2.16. The Morgan fingerprint density at radius 3 is 3.00 bits per heavy atom. The van der Waals surface area contributed by atoms with Crippen LogP contribution in [0.3, 0.4) is 0 Å². The monoisotopic (exact) mass is 243 g/mol. The van der Waals surface area contributed by atoms with E-state index in [-0.39, 0.29) is 16.6 Å². The van der Waals surface area contributed by atoms with E-state index < -0.39 is 5.97 Å². The Labute approximate surface area is 98.4 Å². The number of halogens is 1. The van der Waals surface area contributed by atoms with Gasteiger partial charge >= 0.3 is 5.97 Å². The van der Waals surface area contributed by atoms with Crippen molar-refractivity contribution in [3.63, 3.8) is 0 Å². The van der Waals surface area contributed by atoms with Gasteiger partial charge in [0.1, 0.15) is 0 Å². The molecule has 2 heterocycles. The first-order valence-electron chi connectivity index (χ1n) is 5.25. The van der Waals surface area contributed by atoms with Gasteiger partial charge in [-0.1, -0.05) is 11.6 Å². The maximum Gasteiger partial charge on any atom is 0.357 e. The number of aromatic carboxylic acids is 1. The Balaban J connectivity index is 2.23. The number of rotatable bonds is 2. The normalized spacial score (nSPS) is 22.2. The van der Waals surface area contributed by atoms with Crippen LogP contribution in [0.4, 0.5) is 0 Å². The van der Waals surface area contributed by atoms with Crippen LogP contribution in [0.5, 0.6) is 0 Å². The second-order valence-electron chi connectivity index (χ2n) is 4.21. The molecule has 88 valence electrons. The zero-order valence-electron chi connectivity index (χ0n) is 9.03. The summed E-state index contributed by atoms with van der Waals surface area (Å²) in [4.78, 5) is 13.0. The molecule has 1 aromatic rings. The number of aromatic nitrogens is 2. The first-order chi connectivity index (χ1) is 7.59. The van der Waals surface area contributed by atoms with Crippen LogP contribution in [0, 0.1) is 0 Å². The third kappa shape index (κ3) is 2.05. The van der Waals surface area contributed by atoms with Crippen molar-refractivity contribution in [2.24, 2.45) is 0 Å². The van der Waals surface area contributed by atoms with Gasteiger partial charge < -0.3 is 10.0 Å². The number of piperidine rings is 1. The molecular weight excluding hydrogens is 230 g/mol. The maximum atomic E-state index is 10.8. The summed E-state index contributed by atoms with van der Waals surface area (Å²) in [5.41, 5.74) is 0.676. The van der Waals surface area contributed by atoms with E-state index in [4.69, 9.17) is 16.7 Å². The lowest BCUT2D eigenvalue weighted by Crippen LogP contribution is -2.31.